The lowest BCUT2D eigenvalue weighted by molar-refractivity contribution is -0.115. The van der Waals surface area contributed by atoms with Crippen molar-refractivity contribution in [2.24, 2.45) is 0 Å². The summed E-state index contributed by atoms with van der Waals surface area (Å²) in [7, 11) is -6.35. The molecule has 0 aliphatic carbocycles. The van der Waals surface area contributed by atoms with Gasteiger partial charge < -0.3 is 25.6 Å². The van der Waals surface area contributed by atoms with Gasteiger partial charge >= 0.3 is 6.09 Å². The largest absolute Gasteiger partial charge is 0.444 e. The number of benzene rings is 3. The third-order valence-electron chi connectivity index (χ3n) is 7.68. The fraction of sp³-hybridized carbons (Fsp3) is 0.343. The van der Waals surface area contributed by atoms with Crippen molar-refractivity contribution < 1.29 is 36.0 Å². The van der Waals surface area contributed by atoms with Crippen molar-refractivity contribution >= 4 is 78.2 Å². The maximum absolute atomic E-state index is 13.5. The van der Waals surface area contributed by atoms with E-state index >= 15 is 0 Å². The van der Waals surface area contributed by atoms with Gasteiger partial charge in [-0.25, -0.2) is 21.6 Å². The second-order valence-corrected chi connectivity index (χ2v) is 17.7. The Bertz CT molecular complexity index is 2120. The molecule has 1 aliphatic rings. The van der Waals surface area contributed by atoms with Crippen LogP contribution in [-0.2, 0) is 29.6 Å². The summed E-state index contributed by atoms with van der Waals surface area (Å²) in [5, 5.41) is 8.69. The average Bonchev–Trinajstić information content (AvgIpc) is 3.07. The molecule has 4 rings (SSSR count). The first-order valence-electron chi connectivity index (χ1n) is 16.2. The molecule has 1 aliphatic heterocycles. The van der Waals surface area contributed by atoms with Gasteiger partial charge in [-0.15, -0.1) is 0 Å². The van der Waals surface area contributed by atoms with E-state index < -0.39 is 43.6 Å². The summed E-state index contributed by atoms with van der Waals surface area (Å²) in [4.78, 5) is 39.6. The number of hydrogen-bond acceptors (Lipinski definition) is 9. The Morgan fingerprint density at radius 3 is 2.06 bits per heavy atom. The van der Waals surface area contributed by atoms with Gasteiger partial charge in [-0.05, 0) is 81.4 Å². The maximum atomic E-state index is 13.5. The molecular weight excluding hydrogens is 767 g/mol. The van der Waals surface area contributed by atoms with Crippen LogP contribution in [0, 0.1) is 11.8 Å². The van der Waals surface area contributed by atoms with Crippen LogP contribution < -0.4 is 25.2 Å². The molecule has 0 atom stereocenters. The van der Waals surface area contributed by atoms with Crippen LogP contribution in [0.15, 0.2) is 65.6 Å². The van der Waals surface area contributed by atoms with Gasteiger partial charge in [-0.3, -0.25) is 13.9 Å². The van der Waals surface area contributed by atoms with E-state index in [0.29, 0.717) is 23.1 Å². The van der Waals surface area contributed by atoms with Crippen molar-refractivity contribution in [1.82, 2.24) is 14.9 Å². The fourth-order valence-corrected chi connectivity index (χ4v) is 7.50. The van der Waals surface area contributed by atoms with Crippen LogP contribution in [0.25, 0.3) is 0 Å². The summed E-state index contributed by atoms with van der Waals surface area (Å²) in [5.41, 5.74) is 0.605. The highest BCUT2D eigenvalue weighted by atomic mass is 35.5. The molecule has 0 aromatic heterocycles. The summed E-state index contributed by atoms with van der Waals surface area (Å²) in [6.07, 6.45) is 0.353. The third-order valence-corrected chi connectivity index (χ3v) is 11.2. The first kappa shape index (κ1) is 41.2. The van der Waals surface area contributed by atoms with Gasteiger partial charge in [0.25, 0.3) is 11.8 Å². The predicted octanol–water partition coefficient (Wildman–Crippen LogP) is 4.14. The number of hydrogen-bond donors (Lipinski definition) is 3. The molecule has 14 nitrogen and oxygen atoms in total. The van der Waals surface area contributed by atoms with E-state index in [2.05, 4.69) is 27.8 Å². The quantitative estimate of drug-likeness (QED) is 0.201. The monoisotopic (exact) mass is 806 g/mol. The van der Waals surface area contributed by atoms with Crippen LogP contribution in [0.2, 0.25) is 10.0 Å². The first-order chi connectivity index (χ1) is 24.7. The highest BCUT2D eigenvalue weighted by Gasteiger charge is 2.29. The number of ether oxygens (including phenoxy) is 1. The number of anilines is 3. The van der Waals surface area contributed by atoms with E-state index in [0.717, 1.165) is 16.2 Å². The zero-order valence-corrected chi connectivity index (χ0v) is 32.8. The number of carbonyl (C=O) groups is 3. The van der Waals surface area contributed by atoms with Crippen molar-refractivity contribution in [2.75, 3.05) is 67.1 Å². The fourth-order valence-electron chi connectivity index (χ4n) is 5.04. The molecule has 1 saturated heterocycles. The van der Waals surface area contributed by atoms with E-state index in [1.54, 1.807) is 39.0 Å². The molecule has 1 fully saturated rings. The van der Waals surface area contributed by atoms with Crippen LogP contribution in [0.3, 0.4) is 0 Å². The molecule has 3 aromatic rings. The van der Waals surface area contributed by atoms with Crippen LogP contribution in [0.1, 0.15) is 36.7 Å². The molecule has 0 spiro atoms. The van der Waals surface area contributed by atoms with E-state index in [-0.39, 0.29) is 53.6 Å². The maximum Gasteiger partial charge on any atom is 0.407 e. The smallest absolute Gasteiger partial charge is 0.407 e. The van der Waals surface area contributed by atoms with Crippen molar-refractivity contribution in [3.8, 4) is 11.8 Å². The number of amides is 3. The lowest BCUT2D eigenvalue weighted by Gasteiger charge is -2.35. The zero-order valence-electron chi connectivity index (χ0n) is 29.7. The summed E-state index contributed by atoms with van der Waals surface area (Å²) in [6.45, 7) is 6.67. The van der Waals surface area contributed by atoms with Gasteiger partial charge in [0.05, 0.1) is 22.4 Å². The molecule has 18 heteroatoms. The van der Waals surface area contributed by atoms with E-state index in [9.17, 15) is 31.2 Å². The lowest BCUT2D eigenvalue weighted by Crippen LogP contribution is -2.48. The van der Waals surface area contributed by atoms with Gasteiger partial charge in [0, 0.05) is 79.2 Å². The highest BCUT2D eigenvalue weighted by molar-refractivity contribution is 7.92. The van der Waals surface area contributed by atoms with Crippen LogP contribution in [-0.4, -0.2) is 97.2 Å². The summed E-state index contributed by atoms with van der Waals surface area (Å²) in [5.74, 6) is 3.70. The highest BCUT2D eigenvalue weighted by Crippen LogP contribution is 2.28. The molecule has 0 bridgehead atoms. The molecule has 0 unspecified atom stereocenters. The molecule has 3 amide bonds. The number of rotatable bonds is 10. The second-order valence-electron chi connectivity index (χ2n) is 12.9. The van der Waals surface area contributed by atoms with Gasteiger partial charge in [0.15, 0.2) is 0 Å². The standard InChI is InChI=1S/C35H40Cl2N6O8S2/c1-35(2,3)51-34(46)39-15-14-38-32(44)13-7-24-6-12-31(41(4)52(5,47)48)30(20-24)33(45)40-27-8-10-29(11-9-27)53(49,50)43-18-16-42(17-19-43)28-22-25(36)21-26(37)23-28/h6,8-12,20-23H,14-19H2,1-5H3,(H,38,44)(H,39,46)(H,40,45). The third kappa shape index (κ3) is 11.7. The minimum absolute atomic E-state index is 0.0309. The number of nitrogens with zero attached hydrogens (tertiary/aromatic N) is 3. The first-order valence-corrected chi connectivity index (χ1v) is 20.2. The van der Waals surface area contributed by atoms with Gasteiger partial charge in [-0.2, -0.15) is 4.31 Å². The Kier molecular flexibility index (Phi) is 13.3. The zero-order chi connectivity index (χ0) is 39.1. The SMILES string of the molecule is CN(c1ccc(C#CC(=O)NCCNC(=O)OC(C)(C)C)cc1C(=O)Nc1ccc(S(=O)(=O)N2CCN(c3cc(Cl)cc(Cl)c3)CC2)cc1)S(C)(=O)=O. The van der Waals surface area contributed by atoms with Crippen molar-refractivity contribution in [3.05, 3.63) is 81.8 Å². The molecule has 3 aromatic carbocycles. The number of nitrogens with one attached hydrogen (secondary N) is 3. The molecule has 3 N–H and O–H groups in total. The molecule has 0 radical (unpaired) electrons. The molecule has 284 valence electrons. The van der Waals surface area contributed by atoms with Gasteiger partial charge in [-0.1, -0.05) is 29.1 Å². The Morgan fingerprint density at radius 2 is 1.47 bits per heavy atom. The Labute approximate surface area is 319 Å². The Morgan fingerprint density at radius 1 is 0.868 bits per heavy atom. The summed E-state index contributed by atoms with van der Waals surface area (Å²) < 4.78 is 59.1. The topological polar surface area (TPSA) is 175 Å². The molecular formula is C35H40Cl2N6O8S2. The lowest BCUT2D eigenvalue weighted by atomic mass is 10.1. The predicted molar refractivity (Wildman–Crippen MR) is 206 cm³/mol. The number of halogens is 2. The summed E-state index contributed by atoms with van der Waals surface area (Å²) >= 11 is 12.3. The Hall–Kier alpha value is -4.53. The minimum atomic E-state index is -3.86. The number of carbonyl (C=O) groups excluding carboxylic acids is 3. The van der Waals surface area contributed by atoms with Crippen LogP contribution in [0.4, 0.5) is 21.9 Å². The minimum Gasteiger partial charge on any atom is -0.444 e. The van der Waals surface area contributed by atoms with E-state index in [4.69, 9.17) is 27.9 Å². The molecule has 0 saturated carbocycles. The van der Waals surface area contributed by atoms with Crippen LogP contribution in [0.5, 0.6) is 0 Å². The van der Waals surface area contributed by atoms with Crippen molar-refractivity contribution in [2.45, 2.75) is 31.3 Å². The van der Waals surface area contributed by atoms with E-state index in [1.165, 1.54) is 53.8 Å². The number of alkyl carbamates (subject to hydrolysis) is 1. The van der Waals surface area contributed by atoms with Crippen molar-refractivity contribution in [3.63, 3.8) is 0 Å². The van der Waals surface area contributed by atoms with Gasteiger partial charge in [0.1, 0.15) is 5.60 Å². The molecule has 53 heavy (non-hydrogen) atoms. The van der Waals surface area contributed by atoms with E-state index in [1.807, 2.05) is 4.90 Å². The second kappa shape index (κ2) is 17.1. The Balaban J connectivity index is 1.43. The molecule has 1 heterocycles. The average molecular weight is 808 g/mol. The summed E-state index contributed by atoms with van der Waals surface area (Å²) in [6, 6.07) is 15.0. The van der Waals surface area contributed by atoms with Gasteiger partial charge in [0.2, 0.25) is 20.0 Å². The van der Waals surface area contributed by atoms with Crippen LogP contribution >= 0.6 is 23.2 Å². The van der Waals surface area contributed by atoms with Crippen molar-refractivity contribution in [1.29, 1.82) is 0 Å². The number of piperazine rings is 1. The number of sulfonamides is 2. The normalized spacial score (nSPS) is 13.7.